The Labute approximate surface area is 91.0 Å². The third kappa shape index (κ3) is 6.06. The lowest BCUT2D eigenvalue weighted by atomic mass is 10.2. The van der Waals surface area contributed by atoms with Crippen molar-refractivity contribution in [2.75, 3.05) is 13.6 Å². The van der Waals surface area contributed by atoms with Crippen LogP contribution in [0.4, 0.5) is 0 Å². The standard InChI is InChI=1S/C10H21N3O2/c1-5-7(2)12-6-9(14)13-8(3)10(15)11-4/h7-8,12H,5-6H2,1-4H3,(H,11,15)(H,13,14). The highest BCUT2D eigenvalue weighted by Gasteiger charge is 2.13. The van der Waals surface area contributed by atoms with Gasteiger partial charge >= 0.3 is 0 Å². The van der Waals surface area contributed by atoms with Crippen molar-refractivity contribution in [3.05, 3.63) is 0 Å². The third-order valence-corrected chi connectivity index (χ3v) is 2.24. The summed E-state index contributed by atoms with van der Waals surface area (Å²) in [5.41, 5.74) is 0. The molecule has 0 fully saturated rings. The molecule has 0 rings (SSSR count). The van der Waals surface area contributed by atoms with Crippen LogP contribution in [-0.2, 0) is 9.59 Å². The van der Waals surface area contributed by atoms with E-state index in [0.717, 1.165) is 6.42 Å². The molecule has 0 aromatic carbocycles. The maximum absolute atomic E-state index is 11.3. The molecule has 88 valence electrons. The first-order valence-electron chi connectivity index (χ1n) is 5.25. The number of carbonyl (C=O) groups excluding carboxylic acids is 2. The Morgan fingerprint density at radius 3 is 2.33 bits per heavy atom. The zero-order chi connectivity index (χ0) is 11.8. The lowest BCUT2D eigenvalue weighted by molar-refractivity contribution is -0.127. The summed E-state index contributed by atoms with van der Waals surface area (Å²) in [4.78, 5) is 22.4. The molecule has 2 unspecified atom stereocenters. The molecular weight excluding hydrogens is 194 g/mol. The van der Waals surface area contributed by atoms with E-state index >= 15 is 0 Å². The molecule has 0 saturated heterocycles. The normalized spacial score (nSPS) is 14.1. The summed E-state index contributed by atoms with van der Waals surface area (Å²) in [6.07, 6.45) is 0.971. The van der Waals surface area contributed by atoms with Crippen LogP contribution in [0.3, 0.4) is 0 Å². The summed E-state index contributed by atoms with van der Waals surface area (Å²) >= 11 is 0. The minimum Gasteiger partial charge on any atom is -0.357 e. The summed E-state index contributed by atoms with van der Waals surface area (Å²) in [7, 11) is 1.54. The molecule has 3 N–H and O–H groups in total. The van der Waals surface area contributed by atoms with E-state index < -0.39 is 6.04 Å². The minimum absolute atomic E-state index is 0.161. The van der Waals surface area contributed by atoms with Gasteiger partial charge in [-0.05, 0) is 20.3 Å². The topological polar surface area (TPSA) is 70.2 Å². The average molecular weight is 215 g/mol. The summed E-state index contributed by atoms with van der Waals surface area (Å²) in [5, 5.41) is 8.12. The van der Waals surface area contributed by atoms with Gasteiger partial charge < -0.3 is 16.0 Å². The Morgan fingerprint density at radius 2 is 1.87 bits per heavy atom. The summed E-state index contributed by atoms with van der Waals surface area (Å²) in [6, 6.07) is -0.174. The molecule has 0 radical (unpaired) electrons. The van der Waals surface area contributed by atoms with Crippen molar-refractivity contribution < 1.29 is 9.59 Å². The van der Waals surface area contributed by atoms with Gasteiger partial charge in [0.15, 0.2) is 0 Å². The number of likely N-dealkylation sites (N-methyl/N-ethyl adjacent to an activating group) is 1. The lowest BCUT2D eigenvalue weighted by Crippen LogP contribution is -2.47. The first kappa shape index (κ1) is 13.9. The molecule has 2 atom stereocenters. The first-order chi connectivity index (χ1) is 7.01. The predicted molar refractivity (Wildman–Crippen MR) is 59.4 cm³/mol. The largest absolute Gasteiger partial charge is 0.357 e. The van der Waals surface area contributed by atoms with Crippen LogP contribution in [0, 0.1) is 0 Å². The molecule has 15 heavy (non-hydrogen) atoms. The molecule has 0 aromatic rings. The van der Waals surface area contributed by atoms with Crippen molar-refractivity contribution in [1.29, 1.82) is 0 Å². The highest BCUT2D eigenvalue weighted by atomic mass is 16.2. The first-order valence-corrected chi connectivity index (χ1v) is 5.25. The molecule has 5 heteroatoms. The van der Waals surface area contributed by atoms with Crippen molar-refractivity contribution in [1.82, 2.24) is 16.0 Å². The zero-order valence-electron chi connectivity index (χ0n) is 9.89. The van der Waals surface area contributed by atoms with Gasteiger partial charge in [-0.15, -0.1) is 0 Å². The van der Waals surface area contributed by atoms with Gasteiger partial charge in [0.1, 0.15) is 6.04 Å². The molecule has 0 saturated carbocycles. The second-order valence-electron chi connectivity index (χ2n) is 3.59. The van der Waals surface area contributed by atoms with Crippen LogP contribution in [0.1, 0.15) is 27.2 Å². The van der Waals surface area contributed by atoms with E-state index in [-0.39, 0.29) is 18.4 Å². The van der Waals surface area contributed by atoms with Gasteiger partial charge in [0.2, 0.25) is 11.8 Å². The Hall–Kier alpha value is -1.10. The number of rotatable bonds is 6. The number of hydrogen-bond acceptors (Lipinski definition) is 3. The smallest absolute Gasteiger partial charge is 0.242 e. The molecule has 0 aromatic heterocycles. The molecule has 0 aliphatic heterocycles. The number of carbonyl (C=O) groups is 2. The van der Waals surface area contributed by atoms with Gasteiger partial charge in [0.05, 0.1) is 6.54 Å². The number of hydrogen-bond donors (Lipinski definition) is 3. The number of amides is 2. The quantitative estimate of drug-likeness (QED) is 0.566. The Bertz CT molecular complexity index is 219. The SMILES string of the molecule is CCC(C)NCC(=O)NC(C)C(=O)NC. The molecular formula is C10H21N3O2. The molecule has 0 spiro atoms. The monoisotopic (exact) mass is 215 g/mol. The van der Waals surface area contributed by atoms with Crippen LogP contribution >= 0.6 is 0 Å². The Morgan fingerprint density at radius 1 is 1.27 bits per heavy atom. The molecule has 5 nitrogen and oxygen atoms in total. The maximum atomic E-state index is 11.3. The van der Waals surface area contributed by atoms with Crippen molar-refractivity contribution in [3.8, 4) is 0 Å². The number of nitrogens with one attached hydrogen (secondary N) is 3. The second kappa shape index (κ2) is 7.23. The van der Waals surface area contributed by atoms with E-state index in [1.54, 1.807) is 14.0 Å². The summed E-state index contributed by atoms with van der Waals surface area (Å²) < 4.78 is 0. The van der Waals surface area contributed by atoms with Crippen LogP contribution in [0.25, 0.3) is 0 Å². The molecule has 0 aliphatic rings. The van der Waals surface area contributed by atoms with E-state index in [1.165, 1.54) is 0 Å². The van der Waals surface area contributed by atoms with E-state index in [9.17, 15) is 9.59 Å². The zero-order valence-corrected chi connectivity index (χ0v) is 9.89. The fraction of sp³-hybridized carbons (Fsp3) is 0.800. The van der Waals surface area contributed by atoms with E-state index in [4.69, 9.17) is 0 Å². The predicted octanol–water partition coefficient (Wildman–Crippen LogP) is -0.375. The Kier molecular flexibility index (Phi) is 6.70. The van der Waals surface area contributed by atoms with Crippen molar-refractivity contribution in [2.24, 2.45) is 0 Å². The maximum Gasteiger partial charge on any atom is 0.242 e. The molecule has 0 heterocycles. The molecule has 0 bridgehead atoms. The fourth-order valence-electron chi connectivity index (χ4n) is 0.986. The van der Waals surface area contributed by atoms with Crippen LogP contribution in [0.5, 0.6) is 0 Å². The average Bonchev–Trinajstić information content (AvgIpc) is 2.24. The van der Waals surface area contributed by atoms with E-state index in [2.05, 4.69) is 16.0 Å². The van der Waals surface area contributed by atoms with Crippen LogP contribution < -0.4 is 16.0 Å². The van der Waals surface area contributed by atoms with Crippen LogP contribution in [0.15, 0.2) is 0 Å². The molecule has 0 aliphatic carbocycles. The van der Waals surface area contributed by atoms with Gasteiger partial charge in [0.25, 0.3) is 0 Å². The van der Waals surface area contributed by atoms with Crippen molar-refractivity contribution in [2.45, 2.75) is 39.3 Å². The second-order valence-corrected chi connectivity index (χ2v) is 3.59. The Balaban J connectivity index is 3.78. The third-order valence-electron chi connectivity index (χ3n) is 2.24. The van der Waals surface area contributed by atoms with E-state index in [1.807, 2.05) is 13.8 Å². The fourth-order valence-corrected chi connectivity index (χ4v) is 0.986. The van der Waals surface area contributed by atoms with Crippen molar-refractivity contribution in [3.63, 3.8) is 0 Å². The van der Waals surface area contributed by atoms with Crippen LogP contribution in [-0.4, -0.2) is 37.5 Å². The highest BCUT2D eigenvalue weighted by molar-refractivity contribution is 5.87. The lowest BCUT2D eigenvalue weighted by Gasteiger charge is -2.14. The molecule has 2 amide bonds. The van der Waals surface area contributed by atoms with Gasteiger partial charge in [0, 0.05) is 13.1 Å². The van der Waals surface area contributed by atoms with Gasteiger partial charge in [-0.25, -0.2) is 0 Å². The minimum atomic E-state index is -0.485. The summed E-state index contributed by atoms with van der Waals surface area (Å²) in [5.74, 6) is -0.349. The summed E-state index contributed by atoms with van der Waals surface area (Å²) in [6.45, 7) is 5.95. The van der Waals surface area contributed by atoms with Crippen LogP contribution in [0.2, 0.25) is 0 Å². The van der Waals surface area contributed by atoms with Gasteiger partial charge in [-0.3, -0.25) is 9.59 Å². The highest BCUT2D eigenvalue weighted by Crippen LogP contribution is 1.86. The van der Waals surface area contributed by atoms with Gasteiger partial charge in [-0.2, -0.15) is 0 Å². The van der Waals surface area contributed by atoms with Gasteiger partial charge in [-0.1, -0.05) is 6.92 Å². The van der Waals surface area contributed by atoms with Crippen molar-refractivity contribution >= 4 is 11.8 Å². The van der Waals surface area contributed by atoms with E-state index in [0.29, 0.717) is 6.04 Å².